The SMILES string of the molecule is CCC/C=C\C/C=C\CCCCCCCCOCC(COP(=O)([O-])OCC[N+](C)(C)C)OC(=O)CCCCCCCCCCCCC. The smallest absolute Gasteiger partial charge is 0.306 e. The van der Waals surface area contributed by atoms with E-state index in [0.717, 1.165) is 51.4 Å². The van der Waals surface area contributed by atoms with E-state index in [1.54, 1.807) is 0 Å². The molecule has 0 fully saturated rings. The van der Waals surface area contributed by atoms with E-state index >= 15 is 0 Å². The topological polar surface area (TPSA) is 94.1 Å². The summed E-state index contributed by atoms with van der Waals surface area (Å²) in [4.78, 5) is 24.9. The van der Waals surface area contributed by atoms with Crippen molar-refractivity contribution >= 4 is 13.8 Å². The second kappa shape index (κ2) is 32.2. The Morgan fingerprint density at radius 1 is 0.660 bits per heavy atom. The van der Waals surface area contributed by atoms with Gasteiger partial charge < -0.3 is 27.9 Å². The lowest BCUT2D eigenvalue weighted by Gasteiger charge is -2.28. The lowest BCUT2D eigenvalue weighted by Crippen LogP contribution is -2.37. The number of likely N-dealkylation sites (N-methyl/N-ethyl adjacent to an activating group) is 1. The van der Waals surface area contributed by atoms with E-state index in [1.165, 1.54) is 83.5 Å². The highest BCUT2D eigenvalue weighted by Crippen LogP contribution is 2.38. The molecule has 2 unspecified atom stereocenters. The maximum absolute atomic E-state index is 12.6. The van der Waals surface area contributed by atoms with Crippen molar-refractivity contribution in [1.29, 1.82) is 0 Å². The zero-order chi connectivity index (χ0) is 34.9. The van der Waals surface area contributed by atoms with Gasteiger partial charge in [0.25, 0.3) is 7.82 Å². The number of hydrogen-bond donors (Lipinski definition) is 0. The van der Waals surface area contributed by atoms with Gasteiger partial charge in [0.15, 0.2) is 0 Å². The van der Waals surface area contributed by atoms with Crippen LogP contribution < -0.4 is 4.89 Å². The largest absolute Gasteiger partial charge is 0.756 e. The normalized spacial score (nSPS) is 14.3. The number of esters is 1. The maximum atomic E-state index is 12.6. The van der Waals surface area contributed by atoms with Gasteiger partial charge in [-0.25, -0.2) is 0 Å². The molecule has 278 valence electrons. The first-order chi connectivity index (χ1) is 22.6. The Bertz CT molecular complexity index is 812. The molecule has 0 aromatic carbocycles. The molecule has 0 aromatic rings. The van der Waals surface area contributed by atoms with Crippen LogP contribution in [-0.2, 0) is 27.9 Å². The van der Waals surface area contributed by atoms with Crippen LogP contribution in [0.15, 0.2) is 24.3 Å². The zero-order valence-electron chi connectivity index (χ0n) is 31.2. The Morgan fingerprint density at radius 3 is 1.81 bits per heavy atom. The van der Waals surface area contributed by atoms with Gasteiger partial charge in [0.05, 0.1) is 34.4 Å². The number of nitrogens with zero attached hydrogens (tertiary/aromatic N) is 1. The number of allylic oxidation sites excluding steroid dienone is 4. The average Bonchev–Trinajstić information content (AvgIpc) is 3.01. The number of phosphoric acid groups is 1. The Hall–Kier alpha value is -1.02. The van der Waals surface area contributed by atoms with Crippen molar-refractivity contribution in [2.75, 3.05) is 54.1 Å². The summed E-state index contributed by atoms with van der Waals surface area (Å²) < 4.78 is 34.4. The van der Waals surface area contributed by atoms with Gasteiger partial charge >= 0.3 is 5.97 Å². The van der Waals surface area contributed by atoms with Crippen molar-refractivity contribution in [3.8, 4) is 0 Å². The minimum atomic E-state index is -4.51. The van der Waals surface area contributed by atoms with E-state index in [9.17, 15) is 14.3 Å². The van der Waals surface area contributed by atoms with Crippen LogP contribution in [0, 0.1) is 0 Å². The summed E-state index contributed by atoms with van der Waals surface area (Å²) in [6.45, 7) is 5.31. The standard InChI is InChI=1S/C38H74NO7P/c1-6-8-10-12-14-16-18-19-20-22-24-26-28-30-33-43-35-37(36-45-47(41,42)44-34-32-39(3,4)5)46-38(40)31-29-27-25-23-21-17-15-13-11-9-7-2/h10,12,16,18,37H,6-9,11,13-15,17,19-36H2,1-5H3/b12-10-,18-16-. The first-order valence-corrected chi connectivity index (χ1v) is 20.5. The van der Waals surface area contributed by atoms with Gasteiger partial charge in [0.2, 0.25) is 0 Å². The van der Waals surface area contributed by atoms with Crippen molar-refractivity contribution < 1.29 is 37.3 Å². The molecule has 0 N–H and O–H groups in total. The third-order valence-electron chi connectivity index (χ3n) is 7.99. The van der Waals surface area contributed by atoms with Gasteiger partial charge in [-0.1, -0.05) is 134 Å². The molecule has 0 spiro atoms. The molecular weight excluding hydrogens is 613 g/mol. The molecule has 0 amide bonds. The molecule has 9 heteroatoms. The van der Waals surface area contributed by atoms with E-state index < -0.39 is 13.9 Å². The number of phosphoric ester groups is 1. The maximum Gasteiger partial charge on any atom is 0.306 e. The summed E-state index contributed by atoms with van der Waals surface area (Å²) in [5.41, 5.74) is 0. The molecule has 0 radical (unpaired) electrons. The molecule has 0 saturated carbocycles. The lowest BCUT2D eigenvalue weighted by molar-refractivity contribution is -0.870. The predicted octanol–water partition coefficient (Wildman–Crippen LogP) is 9.86. The molecule has 0 rings (SSSR count). The monoisotopic (exact) mass is 688 g/mol. The van der Waals surface area contributed by atoms with Gasteiger partial charge in [-0.15, -0.1) is 0 Å². The van der Waals surface area contributed by atoms with Crippen molar-refractivity contribution in [3.63, 3.8) is 0 Å². The predicted molar refractivity (Wildman–Crippen MR) is 194 cm³/mol. The van der Waals surface area contributed by atoms with Crippen LogP contribution in [0.5, 0.6) is 0 Å². The number of ether oxygens (including phenoxy) is 2. The Kier molecular flexibility index (Phi) is 31.5. The van der Waals surface area contributed by atoms with E-state index in [-0.39, 0.29) is 25.8 Å². The second-order valence-electron chi connectivity index (χ2n) is 13.9. The third kappa shape index (κ3) is 36.1. The van der Waals surface area contributed by atoms with Gasteiger partial charge in [-0.2, -0.15) is 0 Å². The second-order valence-corrected chi connectivity index (χ2v) is 15.4. The number of hydrogen-bond acceptors (Lipinski definition) is 7. The van der Waals surface area contributed by atoms with Crippen LogP contribution in [-0.4, -0.2) is 70.7 Å². The van der Waals surface area contributed by atoms with E-state index in [0.29, 0.717) is 24.1 Å². The molecule has 0 aliphatic heterocycles. The van der Waals surface area contributed by atoms with Crippen LogP contribution in [0.1, 0.15) is 155 Å². The highest BCUT2D eigenvalue weighted by molar-refractivity contribution is 7.45. The van der Waals surface area contributed by atoms with Gasteiger partial charge in [-0.05, 0) is 38.5 Å². The van der Waals surface area contributed by atoms with Crippen molar-refractivity contribution in [1.82, 2.24) is 0 Å². The highest BCUT2D eigenvalue weighted by Gasteiger charge is 2.20. The zero-order valence-corrected chi connectivity index (χ0v) is 32.1. The number of carbonyl (C=O) groups is 1. The molecular formula is C38H74NO7P. The van der Waals surface area contributed by atoms with Crippen molar-refractivity contribution in [3.05, 3.63) is 24.3 Å². The third-order valence-corrected chi connectivity index (χ3v) is 8.95. The number of rotatable bonds is 35. The Balaban J connectivity index is 4.31. The van der Waals surface area contributed by atoms with Gasteiger partial charge in [-0.3, -0.25) is 9.36 Å². The fourth-order valence-corrected chi connectivity index (χ4v) is 5.72. The molecule has 0 bridgehead atoms. The minimum absolute atomic E-state index is 0.0253. The highest BCUT2D eigenvalue weighted by atomic mass is 31.2. The van der Waals surface area contributed by atoms with E-state index in [4.69, 9.17) is 18.5 Å². The molecule has 0 aromatic heterocycles. The summed E-state index contributed by atoms with van der Waals surface area (Å²) in [5, 5.41) is 0. The summed E-state index contributed by atoms with van der Waals surface area (Å²) in [7, 11) is 1.35. The van der Waals surface area contributed by atoms with Crippen LogP contribution in [0.2, 0.25) is 0 Å². The van der Waals surface area contributed by atoms with Crippen LogP contribution in [0.3, 0.4) is 0 Å². The Labute approximate surface area is 290 Å². The average molecular weight is 688 g/mol. The minimum Gasteiger partial charge on any atom is -0.756 e. The fourth-order valence-electron chi connectivity index (χ4n) is 4.99. The number of unbranched alkanes of at least 4 members (excludes halogenated alkanes) is 17. The van der Waals surface area contributed by atoms with Crippen molar-refractivity contribution in [2.24, 2.45) is 0 Å². The van der Waals surface area contributed by atoms with Gasteiger partial charge in [0.1, 0.15) is 19.3 Å². The van der Waals surface area contributed by atoms with Crippen LogP contribution >= 0.6 is 7.82 Å². The van der Waals surface area contributed by atoms with Gasteiger partial charge in [0, 0.05) is 13.0 Å². The van der Waals surface area contributed by atoms with Crippen LogP contribution in [0.25, 0.3) is 0 Å². The first-order valence-electron chi connectivity index (χ1n) is 19.1. The molecule has 2 atom stereocenters. The fraction of sp³-hybridized carbons (Fsp3) is 0.868. The Morgan fingerprint density at radius 2 is 1.21 bits per heavy atom. The lowest BCUT2D eigenvalue weighted by atomic mass is 10.1. The quantitative estimate of drug-likeness (QED) is 0.0215. The summed E-state index contributed by atoms with van der Waals surface area (Å²) in [6, 6.07) is 0. The van der Waals surface area contributed by atoms with E-state index in [2.05, 4.69) is 38.2 Å². The summed E-state index contributed by atoms with van der Waals surface area (Å²) in [5.74, 6) is -0.340. The summed E-state index contributed by atoms with van der Waals surface area (Å²) >= 11 is 0. The molecule has 47 heavy (non-hydrogen) atoms. The molecule has 0 saturated heterocycles. The summed E-state index contributed by atoms with van der Waals surface area (Å²) in [6.07, 6.45) is 33.2. The molecule has 0 heterocycles. The molecule has 8 nitrogen and oxygen atoms in total. The molecule has 0 aliphatic rings. The first kappa shape index (κ1) is 46.0. The number of quaternary nitrogens is 1. The van der Waals surface area contributed by atoms with Crippen molar-refractivity contribution in [2.45, 2.75) is 161 Å². The van der Waals surface area contributed by atoms with E-state index in [1.807, 2.05) is 21.1 Å². The molecule has 0 aliphatic carbocycles. The number of carbonyl (C=O) groups excluding carboxylic acids is 1. The van der Waals surface area contributed by atoms with Crippen LogP contribution in [0.4, 0.5) is 0 Å².